The number of aryl methyl sites for hydroxylation is 2. The van der Waals surface area contributed by atoms with Gasteiger partial charge in [-0.2, -0.15) is 0 Å². The SMILES string of the molecule is CCN(CCO)CCCCCc1ccc2c(c1)c(C)cn2-c1ccc(F)cc1. The van der Waals surface area contributed by atoms with Crippen LogP contribution in [0.3, 0.4) is 0 Å². The van der Waals surface area contributed by atoms with Crippen LogP contribution in [0.4, 0.5) is 4.39 Å². The Bertz CT molecular complexity index is 886. The monoisotopic (exact) mass is 382 g/mol. The smallest absolute Gasteiger partial charge is 0.123 e. The van der Waals surface area contributed by atoms with Crippen molar-refractivity contribution >= 4 is 10.9 Å². The van der Waals surface area contributed by atoms with Gasteiger partial charge in [0.1, 0.15) is 5.82 Å². The lowest BCUT2D eigenvalue weighted by atomic mass is 10.0. The van der Waals surface area contributed by atoms with Gasteiger partial charge in [-0.15, -0.1) is 0 Å². The summed E-state index contributed by atoms with van der Waals surface area (Å²) in [5.74, 6) is -0.211. The minimum Gasteiger partial charge on any atom is -0.395 e. The summed E-state index contributed by atoms with van der Waals surface area (Å²) in [5.41, 5.74) is 4.75. The van der Waals surface area contributed by atoms with Crippen molar-refractivity contribution in [1.29, 1.82) is 0 Å². The second-order valence-electron chi connectivity index (χ2n) is 7.48. The summed E-state index contributed by atoms with van der Waals surface area (Å²) >= 11 is 0. The van der Waals surface area contributed by atoms with E-state index in [1.54, 1.807) is 0 Å². The Morgan fingerprint density at radius 2 is 1.79 bits per heavy atom. The number of likely N-dealkylation sites (N-methyl/N-ethyl adjacent to an activating group) is 1. The Morgan fingerprint density at radius 1 is 1.00 bits per heavy atom. The molecule has 0 bridgehead atoms. The normalized spacial score (nSPS) is 11.6. The van der Waals surface area contributed by atoms with Crippen molar-refractivity contribution < 1.29 is 9.50 Å². The lowest BCUT2D eigenvalue weighted by Crippen LogP contribution is -2.27. The first-order valence-corrected chi connectivity index (χ1v) is 10.3. The molecule has 0 spiro atoms. The molecule has 0 aliphatic rings. The molecule has 1 aromatic heterocycles. The molecule has 0 radical (unpaired) electrons. The highest BCUT2D eigenvalue weighted by Crippen LogP contribution is 2.26. The topological polar surface area (TPSA) is 28.4 Å². The van der Waals surface area contributed by atoms with E-state index in [0.717, 1.165) is 37.3 Å². The van der Waals surface area contributed by atoms with Gasteiger partial charge in [-0.3, -0.25) is 0 Å². The number of hydrogen-bond acceptors (Lipinski definition) is 2. The van der Waals surface area contributed by atoms with Crippen molar-refractivity contribution in [2.24, 2.45) is 0 Å². The summed E-state index contributed by atoms with van der Waals surface area (Å²) in [4.78, 5) is 2.30. The third-order valence-corrected chi connectivity index (χ3v) is 5.48. The largest absolute Gasteiger partial charge is 0.395 e. The maximum absolute atomic E-state index is 13.2. The van der Waals surface area contributed by atoms with Crippen LogP contribution in [-0.2, 0) is 6.42 Å². The van der Waals surface area contributed by atoms with Crippen LogP contribution < -0.4 is 0 Å². The van der Waals surface area contributed by atoms with Crippen LogP contribution in [0.2, 0.25) is 0 Å². The summed E-state index contributed by atoms with van der Waals surface area (Å²) in [6, 6.07) is 13.3. The highest BCUT2D eigenvalue weighted by atomic mass is 19.1. The first-order valence-electron chi connectivity index (χ1n) is 10.3. The Balaban J connectivity index is 1.62. The highest BCUT2D eigenvalue weighted by Gasteiger charge is 2.08. The van der Waals surface area contributed by atoms with Gasteiger partial charge in [0.2, 0.25) is 0 Å². The first-order chi connectivity index (χ1) is 13.6. The highest BCUT2D eigenvalue weighted by molar-refractivity contribution is 5.86. The van der Waals surface area contributed by atoms with Crippen molar-refractivity contribution in [3.05, 3.63) is 65.6 Å². The average molecular weight is 383 g/mol. The van der Waals surface area contributed by atoms with Gasteiger partial charge in [0.25, 0.3) is 0 Å². The van der Waals surface area contributed by atoms with Crippen LogP contribution in [-0.4, -0.2) is 40.8 Å². The molecule has 0 amide bonds. The van der Waals surface area contributed by atoms with Crippen LogP contribution in [0.15, 0.2) is 48.7 Å². The number of hydrogen-bond donors (Lipinski definition) is 1. The van der Waals surface area contributed by atoms with Crippen LogP contribution in [0.5, 0.6) is 0 Å². The molecule has 3 rings (SSSR count). The molecule has 28 heavy (non-hydrogen) atoms. The molecule has 2 aromatic carbocycles. The van der Waals surface area contributed by atoms with Gasteiger partial charge >= 0.3 is 0 Å². The second-order valence-corrected chi connectivity index (χ2v) is 7.48. The second kappa shape index (κ2) is 9.85. The van der Waals surface area contributed by atoms with E-state index in [4.69, 9.17) is 5.11 Å². The lowest BCUT2D eigenvalue weighted by molar-refractivity contribution is 0.199. The zero-order valence-corrected chi connectivity index (χ0v) is 17.0. The molecule has 0 aliphatic carbocycles. The Hall–Kier alpha value is -2.17. The van der Waals surface area contributed by atoms with Gasteiger partial charge in [0, 0.05) is 23.8 Å². The number of benzene rings is 2. The predicted octanol–water partition coefficient (Wildman–Crippen LogP) is 5.11. The molecular weight excluding hydrogens is 351 g/mol. The van der Waals surface area contributed by atoms with E-state index in [2.05, 4.69) is 47.7 Å². The average Bonchev–Trinajstić information content (AvgIpc) is 3.03. The van der Waals surface area contributed by atoms with E-state index >= 15 is 0 Å². The van der Waals surface area contributed by atoms with Crippen LogP contribution >= 0.6 is 0 Å². The van der Waals surface area contributed by atoms with E-state index in [1.165, 1.54) is 47.9 Å². The molecule has 150 valence electrons. The lowest BCUT2D eigenvalue weighted by Gasteiger charge is -2.18. The number of nitrogens with zero attached hydrogens (tertiary/aromatic N) is 2. The fraction of sp³-hybridized carbons (Fsp3) is 0.417. The number of aromatic nitrogens is 1. The van der Waals surface area contributed by atoms with Crippen LogP contribution in [0.1, 0.15) is 37.3 Å². The zero-order valence-electron chi connectivity index (χ0n) is 17.0. The van der Waals surface area contributed by atoms with Gasteiger partial charge in [-0.1, -0.05) is 19.4 Å². The molecular formula is C24H31FN2O. The van der Waals surface area contributed by atoms with Crippen LogP contribution in [0.25, 0.3) is 16.6 Å². The van der Waals surface area contributed by atoms with Crippen LogP contribution in [0, 0.1) is 12.7 Å². The van der Waals surface area contributed by atoms with Gasteiger partial charge in [-0.05, 0) is 86.8 Å². The number of halogens is 1. The van der Waals surface area contributed by atoms with Crippen molar-refractivity contribution in [3.8, 4) is 5.69 Å². The Labute approximate surface area is 167 Å². The number of aliphatic hydroxyl groups is 1. The molecule has 0 saturated carbocycles. The minimum atomic E-state index is -0.211. The van der Waals surface area contributed by atoms with Gasteiger partial charge in [0.15, 0.2) is 0 Å². The van der Waals surface area contributed by atoms with Gasteiger partial charge in [-0.25, -0.2) is 4.39 Å². The summed E-state index contributed by atoms with van der Waals surface area (Å²) in [6.07, 6.45) is 6.77. The van der Waals surface area contributed by atoms with Crippen molar-refractivity contribution in [2.45, 2.75) is 39.5 Å². The molecule has 0 unspecified atom stereocenters. The van der Waals surface area contributed by atoms with Crippen molar-refractivity contribution in [3.63, 3.8) is 0 Å². The zero-order chi connectivity index (χ0) is 19.9. The number of fused-ring (bicyclic) bond motifs is 1. The molecule has 0 fully saturated rings. The Kier molecular flexibility index (Phi) is 7.24. The molecule has 0 saturated heterocycles. The van der Waals surface area contributed by atoms with E-state index in [9.17, 15) is 4.39 Å². The van der Waals surface area contributed by atoms with E-state index in [0.29, 0.717) is 0 Å². The standard InChI is InChI=1S/C24H31FN2O/c1-3-26(15-16-28)14-6-4-5-7-20-8-13-24-23(17-20)19(2)18-27(24)22-11-9-21(25)10-12-22/h8-13,17-18,28H,3-7,14-16H2,1-2H3. The first kappa shape index (κ1) is 20.6. The fourth-order valence-electron chi connectivity index (χ4n) is 3.82. The fourth-order valence-corrected chi connectivity index (χ4v) is 3.82. The quantitative estimate of drug-likeness (QED) is 0.494. The number of unbranched alkanes of at least 4 members (excludes halogenated alkanes) is 2. The summed E-state index contributed by atoms with van der Waals surface area (Å²) in [5, 5.41) is 10.3. The molecule has 1 heterocycles. The third kappa shape index (κ3) is 5.00. The maximum atomic E-state index is 13.2. The summed E-state index contributed by atoms with van der Waals surface area (Å²) < 4.78 is 15.4. The molecule has 0 atom stereocenters. The van der Waals surface area contributed by atoms with E-state index in [-0.39, 0.29) is 12.4 Å². The molecule has 3 aromatic rings. The van der Waals surface area contributed by atoms with Crippen molar-refractivity contribution in [1.82, 2.24) is 9.47 Å². The molecule has 4 heteroatoms. The van der Waals surface area contributed by atoms with Gasteiger partial charge in [0.05, 0.1) is 12.1 Å². The molecule has 0 aliphatic heterocycles. The Morgan fingerprint density at radius 3 is 2.50 bits per heavy atom. The number of rotatable bonds is 10. The third-order valence-electron chi connectivity index (χ3n) is 5.48. The maximum Gasteiger partial charge on any atom is 0.123 e. The summed E-state index contributed by atoms with van der Waals surface area (Å²) in [7, 11) is 0. The molecule has 3 nitrogen and oxygen atoms in total. The molecule has 1 N–H and O–H groups in total. The number of aliphatic hydroxyl groups excluding tert-OH is 1. The van der Waals surface area contributed by atoms with E-state index < -0.39 is 0 Å². The van der Waals surface area contributed by atoms with E-state index in [1.807, 2.05) is 12.1 Å². The van der Waals surface area contributed by atoms with Gasteiger partial charge < -0.3 is 14.6 Å². The predicted molar refractivity (Wildman–Crippen MR) is 115 cm³/mol. The minimum absolute atomic E-state index is 0.211. The van der Waals surface area contributed by atoms with Crippen molar-refractivity contribution in [2.75, 3.05) is 26.2 Å². The summed E-state index contributed by atoms with van der Waals surface area (Å²) in [6.45, 7) is 7.36.